The maximum absolute atomic E-state index is 13.5. The summed E-state index contributed by atoms with van der Waals surface area (Å²) in [6, 6.07) is 7.79. The van der Waals surface area contributed by atoms with Crippen LogP contribution in [0.2, 0.25) is 0 Å². The van der Waals surface area contributed by atoms with Crippen LogP contribution in [-0.4, -0.2) is 76.9 Å². The molecule has 1 aromatic carbocycles. The molecule has 8 nitrogen and oxygen atoms in total. The van der Waals surface area contributed by atoms with Gasteiger partial charge in [-0.15, -0.1) is 0 Å². The molecule has 0 bridgehead atoms. The van der Waals surface area contributed by atoms with Gasteiger partial charge in [-0.2, -0.15) is 5.10 Å². The number of hydrogen-bond acceptors (Lipinski definition) is 5. The number of carbonyl (C=O) groups excluding carboxylic acids is 2. The van der Waals surface area contributed by atoms with Crippen LogP contribution in [0.25, 0.3) is 0 Å². The molecule has 5 rings (SSSR count). The number of fused-ring (bicyclic) bond motifs is 2. The van der Waals surface area contributed by atoms with Crippen LogP contribution < -0.4 is 4.74 Å². The quantitative estimate of drug-likeness (QED) is 0.614. The molecule has 3 aliphatic rings. The number of aryl methyl sites for hydroxylation is 1. The Balaban J connectivity index is 1.29. The maximum atomic E-state index is 13.5. The molecule has 2 saturated heterocycles. The van der Waals surface area contributed by atoms with Crippen LogP contribution in [0.3, 0.4) is 0 Å². The first-order valence-electron chi connectivity index (χ1n) is 14.0. The van der Waals surface area contributed by atoms with E-state index >= 15 is 0 Å². The fourth-order valence-corrected chi connectivity index (χ4v) is 6.01. The standard InChI is InChI=1S/C29H40N4O4/c1-2-14-32-20-23(19-30-32)27(34)31-16-12-29(13-17-31)11-5-6-18-36-21-24-8-7-15-33(24)28(35)25-9-3-4-10-26(25)37-22-29/h3-4,9-10,19-20,24H,2,5-8,11-18,21-22H2,1H3/t24-/m0/s1. The molecule has 0 saturated carbocycles. The van der Waals surface area contributed by atoms with Crippen molar-refractivity contribution in [1.29, 1.82) is 0 Å². The van der Waals surface area contributed by atoms with Gasteiger partial charge in [-0.3, -0.25) is 14.3 Å². The van der Waals surface area contributed by atoms with Crippen molar-refractivity contribution in [3.63, 3.8) is 0 Å². The summed E-state index contributed by atoms with van der Waals surface area (Å²) in [5.41, 5.74) is 1.27. The molecule has 37 heavy (non-hydrogen) atoms. The topological polar surface area (TPSA) is 76.9 Å². The average Bonchev–Trinajstić information content (AvgIpc) is 3.59. The molecular weight excluding hydrogens is 468 g/mol. The number of piperidine rings is 1. The van der Waals surface area contributed by atoms with Gasteiger partial charge in [-0.05, 0) is 57.1 Å². The van der Waals surface area contributed by atoms with E-state index in [1.807, 2.05) is 44.9 Å². The molecule has 4 heterocycles. The van der Waals surface area contributed by atoms with E-state index in [-0.39, 0.29) is 23.3 Å². The lowest BCUT2D eigenvalue weighted by Gasteiger charge is -2.42. The molecule has 2 fully saturated rings. The molecule has 0 N–H and O–H groups in total. The van der Waals surface area contributed by atoms with Gasteiger partial charge in [0.1, 0.15) is 5.75 Å². The summed E-state index contributed by atoms with van der Waals surface area (Å²) in [5.74, 6) is 0.762. The predicted octanol–water partition coefficient (Wildman–Crippen LogP) is 4.40. The van der Waals surface area contributed by atoms with Crippen LogP contribution >= 0.6 is 0 Å². The third-order valence-corrected chi connectivity index (χ3v) is 8.29. The molecule has 2 amide bonds. The second kappa shape index (κ2) is 11.7. The first-order chi connectivity index (χ1) is 18.1. The lowest BCUT2D eigenvalue weighted by atomic mass is 9.75. The lowest BCUT2D eigenvalue weighted by molar-refractivity contribution is 0.0303. The number of rotatable bonds is 3. The van der Waals surface area contributed by atoms with E-state index < -0.39 is 0 Å². The van der Waals surface area contributed by atoms with E-state index in [1.165, 1.54) is 0 Å². The Bertz CT molecular complexity index is 1080. The van der Waals surface area contributed by atoms with Gasteiger partial charge in [0.05, 0.1) is 36.6 Å². The average molecular weight is 509 g/mol. The fourth-order valence-electron chi connectivity index (χ4n) is 6.01. The molecule has 1 atom stereocenters. The van der Waals surface area contributed by atoms with Crippen LogP contribution in [-0.2, 0) is 11.3 Å². The summed E-state index contributed by atoms with van der Waals surface area (Å²) in [6.07, 6.45) is 11.4. The van der Waals surface area contributed by atoms with Crippen molar-refractivity contribution in [2.45, 2.75) is 70.9 Å². The highest BCUT2D eigenvalue weighted by atomic mass is 16.5. The summed E-state index contributed by atoms with van der Waals surface area (Å²) in [5, 5.41) is 4.33. The molecule has 0 unspecified atom stereocenters. The second-order valence-electron chi connectivity index (χ2n) is 10.9. The number of nitrogens with zero attached hydrogens (tertiary/aromatic N) is 4. The van der Waals surface area contributed by atoms with Crippen molar-refractivity contribution in [2.24, 2.45) is 5.41 Å². The van der Waals surface area contributed by atoms with Crippen molar-refractivity contribution in [3.05, 3.63) is 47.8 Å². The normalized spacial score (nSPS) is 22.7. The number of carbonyl (C=O) groups is 2. The summed E-state index contributed by atoms with van der Waals surface area (Å²) in [4.78, 5) is 30.6. The van der Waals surface area contributed by atoms with Crippen molar-refractivity contribution < 1.29 is 19.1 Å². The summed E-state index contributed by atoms with van der Waals surface area (Å²) < 4.78 is 14.3. The van der Waals surface area contributed by atoms with E-state index in [2.05, 4.69) is 12.0 Å². The smallest absolute Gasteiger partial charge is 0.257 e. The molecule has 0 aliphatic carbocycles. The molecule has 0 radical (unpaired) electrons. The van der Waals surface area contributed by atoms with Gasteiger partial charge < -0.3 is 19.3 Å². The zero-order valence-corrected chi connectivity index (χ0v) is 22.1. The Kier molecular flexibility index (Phi) is 8.13. The third kappa shape index (κ3) is 5.84. The highest BCUT2D eigenvalue weighted by Gasteiger charge is 2.38. The number of para-hydroxylation sites is 1. The zero-order chi connectivity index (χ0) is 25.7. The van der Waals surface area contributed by atoms with Gasteiger partial charge in [0, 0.05) is 44.4 Å². The summed E-state index contributed by atoms with van der Waals surface area (Å²) in [6.45, 7) is 6.97. The minimum absolute atomic E-state index is 0.0281. The number of ether oxygens (including phenoxy) is 2. The highest BCUT2D eigenvalue weighted by Crippen LogP contribution is 2.38. The second-order valence-corrected chi connectivity index (χ2v) is 10.9. The maximum Gasteiger partial charge on any atom is 0.257 e. The van der Waals surface area contributed by atoms with Crippen LogP contribution in [0.5, 0.6) is 5.75 Å². The van der Waals surface area contributed by atoms with Crippen LogP contribution in [0.15, 0.2) is 36.7 Å². The van der Waals surface area contributed by atoms with Gasteiger partial charge in [-0.1, -0.05) is 25.5 Å². The molecule has 1 aromatic heterocycles. The summed E-state index contributed by atoms with van der Waals surface area (Å²) >= 11 is 0. The van der Waals surface area contributed by atoms with Crippen molar-refractivity contribution in [2.75, 3.05) is 39.5 Å². The Hall–Kier alpha value is -2.87. The third-order valence-electron chi connectivity index (χ3n) is 8.29. The SMILES string of the molecule is CCCn1cc(C(=O)N2CCC3(CCCCOC[C@@H]4CCCN4C(=O)c4ccccc4OC3)CC2)cn1. The fraction of sp³-hybridized carbons (Fsp3) is 0.621. The van der Waals surface area contributed by atoms with Gasteiger partial charge in [0.15, 0.2) is 0 Å². The minimum atomic E-state index is -0.0281. The Morgan fingerprint density at radius 2 is 1.95 bits per heavy atom. The van der Waals surface area contributed by atoms with Crippen LogP contribution in [0.4, 0.5) is 0 Å². The van der Waals surface area contributed by atoms with Crippen molar-refractivity contribution in [1.82, 2.24) is 19.6 Å². The Morgan fingerprint density at radius 1 is 1.11 bits per heavy atom. The van der Waals surface area contributed by atoms with Gasteiger partial charge in [0.25, 0.3) is 11.8 Å². The molecule has 3 aliphatic heterocycles. The molecule has 1 spiro atoms. The number of likely N-dealkylation sites (tertiary alicyclic amines) is 1. The highest BCUT2D eigenvalue weighted by molar-refractivity contribution is 5.97. The molecule has 8 heteroatoms. The van der Waals surface area contributed by atoms with Crippen molar-refractivity contribution in [3.8, 4) is 5.75 Å². The lowest BCUT2D eigenvalue weighted by Crippen LogP contribution is -2.45. The van der Waals surface area contributed by atoms with E-state index in [1.54, 1.807) is 6.20 Å². The van der Waals surface area contributed by atoms with E-state index in [0.717, 1.165) is 71.1 Å². The predicted molar refractivity (Wildman–Crippen MR) is 141 cm³/mol. The number of benzene rings is 1. The number of hydrogen-bond donors (Lipinski definition) is 0. The van der Waals surface area contributed by atoms with Crippen LogP contribution in [0.1, 0.15) is 79.0 Å². The molecule has 2 aromatic rings. The van der Waals surface area contributed by atoms with Gasteiger partial charge >= 0.3 is 0 Å². The molecular formula is C29H40N4O4. The Labute approximate surface area is 219 Å². The Morgan fingerprint density at radius 3 is 2.78 bits per heavy atom. The summed E-state index contributed by atoms with van der Waals surface area (Å²) in [7, 11) is 0. The monoisotopic (exact) mass is 508 g/mol. The largest absolute Gasteiger partial charge is 0.492 e. The molecule has 200 valence electrons. The van der Waals surface area contributed by atoms with E-state index in [9.17, 15) is 9.59 Å². The number of amides is 2. The minimum Gasteiger partial charge on any atom is -0.492 e. The van der Waals surface area contributed by atoms with E-state index in [0.29, 0.717) is 43.2 Å². The van der Waals surface area contributed by atoms with Gasteiger partial charge in [-0.25, -0.2) is 0 Å². The number of aromatic nitrogens is 2. The van der Waals surface area contributed by atoms with Gasteiger partial charge in [0.2, 0.25) is 0 Å². The first kappa shape index (κ1) is 25.8. The zero-order valence-electron chi connectivity index (χ0n) is 22.1. The van der Waals surface area contributed by atoms with Crippen molar-refractivity contribution >= 4 is 11.8 Å². The first-order valence-corrected chi connectivity index (χ1v) is 14.0. The van der Waals surface area contributed by atoms with Crippen LogP contribution in [0, 0.1) is 5.41 Å². The van der Waals surface area contributed by atoms with E-state index in [4.69, 9.17) is 9.47 Å².